The molecule has 2 aliphatic heterocycles. The maximum absolute atomic E-state index is 11.5. The highest BCUT2D eigenvalue weighted by Crippen LogP contribution is 2.28. The highest BCUT2D eigenvalue weighted by Gasteiger charge is 2.22. The molecule has 2 amide bonds. The van der Waals surface area contributed by atoms with Crippen LogP contribution in [0.15, 0.2) is 18.2 Å². The Morgan fingerprint density at radius 1 is 1.21 bits per heavy atom. The topological polar surface area (TPSA) is 61.6 Å². The summed E-state index contributed by atoms with van der Waals surface area (Å²) in [6, 6.07) is 6.20. The number of anilines is 2. The van der Waals surface area contributed by atoms with E-state index in [1.807, 2.05) is 11.0 Å². The minimum atomic E-state index is 0.0644. The Bertz CT molecular complexity index is 488. The van der Waals surface area contributed by atoms with E-state index in [2.05, 4.69) is 22.3 Å². The van der Waals surface area contributed by atoms with Crippen molar-refractivity contribution in [2.45, 2.75) is 12.8 Å². The predicted molar refractivity (Wildman–Crippen MR) is 76.4 cm³/mol. The van der Waals surface area contributed by atoms with Crippen LogP contribution >= 0.6 is 0 Å². The molecule has 0 aromatic heterocycles. The first kappa shape index (κ1) is 12.1. The fourth-order valence-corrected chi connectivity index (χ4v) is 2.89. The van der Waals surface area contributed by atoms with Gasteiger partial charge in [0.05, 0.1) is 0 Å². The lowest BCUT2D eigenvalue weighted by Crippen LogP contribution is -2.39. The average molecular weight is 260 g/mol. The number of hydrogen-bond acceptors (Lipinski definition) is 3. The lowest BCUT2D eigenvalue weighted by atomic mass is 10.0. The summed E-state index contributed by atoms with van der Waals surface area (Å²) in [6.07, 6.45) is 2.25. The van der Waals surface area contributed by atoms with E-state index in [0.717, 1.165) is 51.3 Å². The normalized spacial score (nSPS) is 18.4. The first-order valence-electron chi connectivity index (χ1n) is 6.90. The summed E-state index contributed by atoms with van der Waals surface area (Å²) in [5, 5.41) is 2.84. The van der Waals surface area contributed by atoms with Crippen LogP contribution in [0.25, 0.3) is 0 Å². The number of rotatable bonds is 3. The molecule has 102 valence electrons. The van der Waals surface area contributed by atoms with E-state index in [9.17, 15) is 4.79 Å². The van der Waals surface area contributed by atoms with Gasteiger partial charge in [-0.25, -0.2) is 4.79 Å². The second kappa shape index (κ2) is 4.99. The summed E-state index contributed by atoms with van der Waals surface area (Å²) in [5.41, 5.74) is 9.28. The third-order valence-electron chi connectivity index (χ3n) is 3.90. The number of nitrogens with zero attached hydrogens (tertiary/aromatic N) is 2. The van der Waals surface area contributed by atoms with E-state index in [4.69, 9.17) is 5.73 Å². The Hall–Kier alpha value is -1.91. The Morgan fingerprint density at radius 2 is 2.05 bits per heavy atom. The van der Waals surface area contributed by atoms with Gasteiger partial charge in [-0.1, -0.05) is 0 Å². The molecule has 3 N–H and O–H groups in total. The maximum Gasteiger partial charge on any atom is 0.317 e. The molecule has 0 unspecified atom stereocenters. The van der Waals surface area contributed by atoms with E-state index >= 15 is 0 Å². The van der Waals surface area contributed by atoms with Gasteiger partial charge >= 0.3 is 6.03 Å². The number of fused-ring (bicyclic) bond motifs is 1. The van der Waals surface area contributed by atoms with E-state index < -0.39 is 0 Å². The van der Waals surface area contributed by atoms with Crippen LogP contribution in [0.3, 0.4) is 0 Å². The van der Waals surface area contributed by atoms with Crippen molar-refractivity contribution in [2.24, 2.45) is 0 Å². The largest absolute Gasteiger partial charge is 0.399 e. The average Bonchev–Trinajstić information content (AvgIpc) is 2.81. The van der Waals surface area contributed by atoms with Gasteiger partial charge in [0.25, 0.3) is 0 Å². The SMILES string of the molecule is Nc1ccc2c(c1)CCCN2CCN1CCNC1=O. The number of hydrogen-bond donors (Lipinski definition) is 2. The second-order valence-corrected chi connectivity index (χ2v) is 5.20. The van der Waals surface area contributed by atoms with Crippen molar-refractivity contribution in [1.82, 2.24) is 10.2 Å². The number of carbonyl (C=O) groups is 1. The minimum absolute atomic E-state index is 0.0644. The molecular weight excluding hydrogens is 240 g/mol. The van der Waals surface area contributed by atoms with Gasteiger partial charge in [0.2, 0.25) is 0 Å². The number of nitrogens with one attached hydrogen (secondary N) is 1. The highest BCUT2D eigenvalue weighted by molar-refractivity contribution is 5.76. The number of carbonyl (C=O) groups excluding carboxylic acids is 1. The van der Waals surface area contributed by atoms with Crippen LogP contribution in [-0.4, -0.2) is 43.7 Å². The highest BCUT2D eigenvalue weighted by atomic mass is 16.2. The van der Waals surface area contributed by atoms with Crippen molar-refractivity contribution < 1.29 is 4.79 Å². The van der Waals surface area contributed by atoms with E-state index in [1.54, 1.807) is 0 Å². The number of nitrogens with two attached hydrogens (primary N) is 1. The standard InChI is InChI=1S/C14H20N4O/c15-12-3-4-13-11(10-12)2-1-6-17(13)8-9-18-7-5-16-14(18)19/h3-4,10H,1-2,5-9,15H2,(H,16,19). The number of urea groups is 1. The molecule has 0 saturated carbocycles. The molecule has 5 heteroatoms. The molecule has 2 heterocycles. The number of nitrogen functional groups attached to an aromatic ring is 1. The van der Waals surface area contributed by atoms with Crippen LogP contribution in [0, 0.1) is 0 Å². The van der Waals surface area contributed by atoms with Crippen molar-refractivity contribution in [2.75, 3.05) is 43.4 Å². The fourth-order valence-electron chi connectivity index (χ4n) is 2.89. The van der Waals surface area contributed by atoms with Gasteiger partial charge in [-0.15, -0.1) is 0 Å². The Morgan fingerprint density at radius 3 is 2.84 bits per heavy atom. The molecule has 0 bridgehead atoms. The summed E-state index contributed by atoms with van der Waals surface area (Å²) in [5.74, 6) is 0. The van der Waals surface area contributed by atoms with Gasteiger partial charge in [0.15, 0.2) is 0 Å². The first-order valence-corrected chi connectivity index (χ1v) is 6.90. The molecular formula is C14H20N4O. The molecule has 3 rings (SSSR count). The van der Waals surface area contributed by atoms with Crippen molar-refractivity contribution in [3.63, 3.8) is 0 Å². The summed E-state index contributed by atoms with van der Waals surface area (Å²) in [4.78, 5) is 15.8. The zero-order chi connectivity index (χ0) is 13.2. The molecule has 0 aliphatic carbocycles. The van der Waals surface area contributed by atoms with Crippen LogP contribution < -0.4 is 16.0 Å². The van der Waals surface area contributed by atoms with Crippen LogP contribution in [-0.2, 0) is 6.42 Å². The number of benzene rings is 1. The molecule has 5 nitrogen and oxygen atoms in total. The van der Waals surface area contributed by atoms with E-state index in [-0.39, 0.29) is 6.03 Å². The third kappa shape index (κ3) is 2.45. The Balaban J connectivity index is 1.68. The molecule has 19 heavy (non-hydrogen) atoms. The minimum Gasteiger partial charge on any atom is -0.399 e. The Labute approximate surface area is 113 Å². The van der Waals surface area contributed by atoms with Crippen LogP contribution in [0.5, 0.6) is 0 Å². The van der Waals surface area contributed by atoms with Crippen molar-refractivity contribution in [1.29, 1.82) is 0 Å². The van der Waals surface area contributed by atoms with Gasteiger partial charge < -0.3 is 20.9 Å². The van der Waals surface area contributed by atoms with Crippen molar-refractivity contribution in [3.8, 4) is 0 Å². The van der Waals surface area contributed by atoms with Gasteiger partial charge in [0.1, 0.15) is 0 Å². The predicted octanol–water partition coefficient (Wildman–Crippen LogP) is 1.05. The quantitative estimate of drug-likeness (QED) is 0.798. The fraction of sp³-hybridized carbons (Fsp3) is 0.500. The molecule has 2 aliphatic rings. The van der Waals surface area contributed by atoms with E-state index in [0.29, 0.717) is 0 Å². The Kier molecular flexibility index (Phi) is 3.19. The van der Waals surface area contributed by atoms with Gasteiger partial charge in [-0.2, -0.15) is 0 Å². The van der Waals surface area contributed by atoms with E-state index in [1.165, 1.54) is 11.3 Å². The molecule has 0 radical (unpaired) electrons. The van der Waals surface area contributed by atoms with Crippen LogP contribution in [0.4, 0.5) is 16.2 Å². The van der Waals surface area contributed by atoms with Crippen LogP contribution in [0.1, 0.15) is 12.0 Å². The summed E-state index contributed by atoms with van der Waals surface area (Å²) < 4.78 is 0. The molecule has 1 aromatic carbocycles. The summed E-state index contributed by atoms with van der Waals surface area (Å²) in [6.45, 7) is 4.33. The van der Waals surface area contributed by atoms with Crippen molar-refractivity contribution >= 4 is 17.4 Å². The smallest absolute Gasteiger partial charge is 0.317 e. The maximum atomic E-state index is 11.5. The zero-order valence-corrected chi connectivity index (χ0v) is 11.1. The monoisotopic (exact) mass is 260 g/mol. The van der Waals surface area contributed by atoms with Gasteiger partial charge in [-0.3, -0.25) is 0 Å². The molecule has 0 spiro atoms. The molecule has 1 aromatic rings. The number of aryl methyl sites for hydroxylation is 1. The molecule has 1 saturated heterocycles. The van der Waals surface area contributed by atoms with Crippen LogP contribution in [0.2, 0.25) is 0 Å². The molecule has 1 fully saturated rings. The van der Waals surface area contributed by atoms with Gasteiger partial charge in [-0.05, 0) is 36.6 Å². The molecule has 0 atom stereocenters. The summed E-state index contributed by atoms with van der Waals surface area (Å²) >= 11 is 0. The summed E-state index contributed by atoms with van der Waals surface area (Å²) in [7, 11) is 0. The van der Waals surface area contributed by atoms with Crippen molar-refractivity contribution in [3.05, 3.63) is 23.8 Å². The zero-order valence-electron chi connectivity index (χ0n) is 11.1. The number of amides is 2. The second-order valence-electron chi connectivity index (χ2n) is 5.20. The first-order chi connectivity index (χ1) is 9.24. The lowest BCUT2D eigenvalue weighted by Gasteiger charge is -2.32. The van der Waals surface area contributed by atoms with Gasteiger partial charge in [0, 0.05) is 44.1 Å². The lowest BCUT2D eigenvalue weighted by molar-refractivity contribution is 0.218. The third-order valence-corrected chi connectivity index (χ3v) is 3.90.